The van der Waals surface area contributed by atoms with Crippen molar-refractivity contribution >= 4 is 27.3 Å². The maximum atomic E-state index is 13.0. The largest absolute Gasteiger partial charge is 0.493 e. The summed E-state index contributed by atoms with van der Waals surface area (Å²) in [5.74, 6) is 0.750. The molecule has 7 heteroatoms. The van der Waals surface area contributed by atoms with Gasteiger partial charge in [-0.3, -0.25) is 0 Å². The van der Waals surface area contributed by atoms with E-state index in [4.69, 9.17) is 16.3 Å². The van der Waals surface area contributed by atoms with Crippen LogP contribution >= 0.6 is 11.6 Å². The maximum absolute atomic E-state index is 13.0. The summed E-state index contributed by atoms with van der Waals surface area (Å²) in [6.45, 7) is 6.86. The van der Waals surface area contributed by atoms with Crippen LogP contribution in [0.15, 0.2) is 47.4 Å². The Hall–Kier alpha value is -1.76. The molecule has 2 aromatic carbocycles. The highest BCUT2D eigenvalue weighted by Crippen LogP contribution is 2.26. The fourth-order valence-corrected chi connectivity index (χ4v) is 4.89. The fraction of sp³-hybridized carbons (Fsp3) is 0.429. The van der Waals surface area contributed by atoms with E-state index >= 15 is 0 Å². The first-order valence-electron chi connectivity index (χ1n) is 9.66. The number of ether oxygens (including phenoxy) is 1. The maximum Gasteiger partial charge on any atom is 0.243 e. The molecule has 1 saturated heterocycles. The van der Waals surface area contributed by atoms with Crippen molar-refractivity contribution in [1.82, 2.24) is 4.31 Å². The summed E-state index contributed by atoms with van der Waals surface area (Å²) in [5, 5.41) is 0.697. The number of sulfonamides is 1. The van der Waals surface area contributed by atoms with Crippen molar-refractivity contribution < 1.29 is 13.2 Å². The molecule has 0 aromatic heterocycles. The van der Waals surface area contributed by atoms with Gasteiger partial charge in [0.15, 0.2) is 0 Å². The molecule has 0 spiro atoms. The number of piperazine rings is 1. The summed E-state index contributed by atoms with van der Waals surface area (Å²) in [6.07, 6.45) is 2.05. The molecule has 3 rings (SSSR count). The van der Waals surface area contributed by atoms with E-state index in [9.17, 15) is 8.42 Å². The van der Waals surface area contributed by atoms with Gasteiger partial charge in [-0.2, -0.15) is 4.31 Å². The van der Waals surface area contributed by atoms with E-state index in [2.05, 4.69) is 11.8 Å². The van der Waals surface area contributed by atoms with E-state index in [0.717, 1.165) is 29.8 Å². The standard InChI is InChI=1S/C21H27ClN2O3S/c1-3-4-15-27-21-10-9-20(16-17(21)2)28(25,26)24-13-11-23(12-14-24)19-7-5-18(22)6-8-19/h5-10,16H,3-4,11-15H2,1-2H3. The summed E-state index contributed by atoms with van der Waals surface area (Å²) in [5.41, 5.74) is 1.91. The lowest BCUT2D eigenvalue weighted by Gasteiger charge is -2.35. The Kier molecular flexibility index (Phi) is 6.86. The van der Waals surface area contributed by atoms with Crippen molar-refractivity contribution in [3.8, 4) is 5.75 Å². The Balaban J connectivity index is 1.66. The first-order valence-corrected chi connectivity index (χ1v) is 11.5. The molecule has 0 radical (unpaired) electrons. The van der Waals surface area contributed by atoms with Crippen molar-refractivity contribution in [2.24, 2.45) is 0 Å². The van der Waals surface area contributed by atoms with Gasteiger partial charge < -0.3 is 9.64 Å². The lowest BCUT2D eigenvalue weighted by molar-refractivity contribution is 0.307. The predicted molar refractivity (Wildman–Crippen MR) is 114 cm³/mol. The van der Waals surface area contributed by atoms with Gasteiger partial charge in [-0.1, -0.05) is 24.9 Å². The SMILES string of the molecule is CCCCOc1ccc(S(=O)(=O)N2CCN(c3ccc(Cl)cc3)CC2)cc1C. The van der Waals surface area contributed by atoms with Crippen LogP contribution in [0.3, 0.4) is 0 Å². The van der Waals surface area contributed by atoms with Gasteiger partial charge in [0.05, 0.1) is 11.5 Å². The second-order valence-corrected chi connectivity index (χ2v) is 9.37. The fourth-order valence-electron chi connectivity index (χ4n) is 3.26. The molecular formula is C21H27ClN2O3S. The first-order chi connectivity index (χ1) is 13.4. The normalized spacial score (nSPS) is 15.6. The predicted octanol–water partition coefficient (Wildman–Crippen LogP) is 4.34. The molecular weight excluding hydrogens is 396 g/mol. The van der Waals surface area contributed by atoms with Gasteiger partial charge in [-0.05, 0) is 61.4 Å². The third kappa shape index (κ3) is 4.80. The smallest absolute Gasteiger partial charge is 0.243 e. The van der Waals surface area contributed by atoms with Crippen molar-refractivity contribution in [2.75, 3.05) is 37.7 Å². The summed E-state index contributed by atoms with van der Waals surface area (Å²) in [4.78, 5) is 2.51. The Morgan fingerprint density at radius 3 is 2.32 bits per heavy atom. The van der Waals surface area contributed by atoms with Crippen LogP contribution in [0.4, 0.5) is 5.69 Å². The first kappa shape index (κ1) is 21.0. The van der Waals surface area contributed by atoms with E-state index < -0.39 is 10.0 Å². The highest BCUT2D eigenvalue weighted by atomic mass is 35.5. The topological polar surface area (TPSA) is 49.9 Å². The molecule has 1 fully saturated rings. The average molecular weight is 423 g/mol. The number of benzene rings is 2. The third-order valence-corrected chi connectivity index (χ3v) is 7.12. The van der Waals surface area contributed by atoms with Crippen molar-refractivity contribution in [3.63, 3.8) is 0 Å². The molecule has 28 heavy (non-hydrogen) atoms. The zero-order valence-electron chi connectivity index (χ0n) is 16.4. The molecule has 1 aliphatic heterocycles. The van der Waals surface area contributed by atoms with E-state index in [-0.39, 0.29) is 0 Å². The van der Waals surface area contributed by atoms with Crippen LogP contribution < -0.4 is 9.64 Å². The Morgan fingerprint density at radius 1 is 1.04 bits per heavy atom. The van der Waals surface area contributed by atoms with Crippen LogP contribution in [0.1, 0.15) is 25.3 Å². The number of hydrogen-bond donors (Lipinski definition) is 0. The van der Waals surface area contributed by atoms with E-state index in [1.807, 2.05) is 31.2 Å². The number of rotatable bonds is 7. The number of hydrogen-bond acceptors (Lipinski definition) is 4. The molecule has 5 nitrogen and oxygen atoms in total. The van der Waals surface area contributed by atoms with Crippen LogP contribution in [0.5, 0.6) is 5.75 Å². The lowest BCUT2D eigenvalue weighted by Crippen LogP contribution is -2.48. The molecule has 152 valence electrons. The van der Waals surface area contributed by atoms with Crippen molar-refractivity contribution in [3.05, 3.63) is 53.1 Å². The minimum absolute atomic E-state index is 0.327. The number of nitrogens with zero attached hydrogens (tertiary/aromatic N) is 2. The minimum atomic E-state index is -3.51. The minimum Gasteiger partial charge on any atom is -0.493 e. The molecule has 1 aliphatic rings. The molecule has 0 bridgehead atoms. The van der Waals surface area contributed by atoms with E-state index in [1.165, 1.54) is 0 Å². The molecule has 2 aromatic rings. The number of anilines is 1. The van der Waals surface area contributed by atoms with E-state index in [1.54, 1.807) is 22.5 Å². The number of aryl methyl sites for hydroxylation is 1. The number of halogens is 1. The van der Waals surface area contributed by atoms with Gasteiger partial charge in [0, 0.05) is 36.9 Å². The van der Waals surface area contributed by atoms with Gasteiger partial charge in [-0.25, -0.2) is 8.42 Å². The van der Waals surface area contributed by atoms with Crippen molar-refractivity contribution in [1.29, 1.82) is 0 Å². The van der Waals surface area contributed by atoms with Gasteiger partial charge in [0.2, 0.25) is 10.0 Å². The van der Waals surface area contributed by atoms with Crippen LogP contribution in [0.25, 0.3) is 0 Å². The van der Waals surface area contributed by atoms with E-state index in [0.29, 0.717) is 42.7 Å². The monoisotopic (exact) mass is 422 g/mol. The number of unbranched alkanes of at least 4 members (excludes halogenated alkanes) is 1. The summed E-state index contributed by atoms with van der Waals surface area (Å²) >= 11 is 5.95. The summed E-state index contributed by atoms with van der Waals surface area (Å²) in [7, 11) is -3.51. The average Bonchev–Trinajstić information content (AvgIpc) is 2.70. The van der Waals surface area contributed by atoms with Crippen LogP contribution in [0.2, 0.25) is 5.02 Å². The molecule has 1 heterocycles. The second-order valence-electron chi connectivity index (χ2n) is 7.00. The molecule has 0 aliphatic carbocycles. The highest BCUT2D eigenvalue weighted by molar-refractivity contribution is 7.89. The van der Waals surface area contributed by atoms with Gasteiger partial charge in [0.1, 0.15) is 5.75 Å². The van der Waals surface area contributed by atoms with Crippen molar-refractivity contribution in [2.45, 2.75) is 31.6 Å². The van der Waals surface area contributed by atoms with Crippen LogP contribution in [-0.4, -0.2) is 45.5 Å². The zero-order chi connectivity index (χ0) is 20.1. The molecule has 0 N–H and O–H groups in total. The van der Waals surface area contributed by atoms with Crippen LogP contribution in [-0.2, 0) is 10.0 Å². The second kappa shape index (κ2) is 9.16. The molecule has 0 saturated carbocycles. The third-order valence-electron chi connectivity index (χ3n) is 4.97. The zero-order valence-corrected chi connectivity index (χ0v) is 18.0. The van der Waals surface area contributed by atoms with Gasteiger partial charge in [0.25, 0.3) is 0 Å². The molecule has 0 unspecified atom stereocenters. The summed E-state index contributed by atoms with van der Waals surface area (Å²) in [6, 6.07) is 12.8. The Bertz CT molecular complexity index is 892. The Labute approximate surface area is 172 Å². The molecule has 0 amide bonds. The Morgan fingerprint density at radius 2 is 1.71 bits per heavy atom. The van der Waals surface area contributed by atoms with Gasteiger partial charge in [-0.15, -0.1) is 0 Å². The highest BCUT2D eigenvalue weighted by Gasteiger charge is 2.29. The quantitative estimate of drug-likeness (QED) is 0.623. The van der Waals surface area contributed by atoms with Gasteiger partial charge >= 0.3 is 0 Å². The molecule has 0 atom stereocenters. The lowest BCUT2D eigenvalue weighted by atomic mass is 10.2. The van der Waals surface area contributed by atoms with Crippen LogP contribution in [0, 0.1) is 6.92 Å². The summed E-state index contributed by atoms with van der Waals surface area (Å²) < 4.78 is 33.4.